The summed E-state index contributed by atoms with van der Waals surface area (Å²) in [5.74, 6) is 0. The maximum Gasteiger partial charge on any atom is 0.0471 e. The first-order valence-electron chi connectivity index (χ1n) is 7.09. The topological polar surface area (TPSA) is 12.0 Å². The monoisotopic (exact) mass is 251 g/mol. The largest absolute Gasteiger partial charge is 0.309 e. The van der Waals surface area contributed by atoms with Gasteiger partial charge in [0.15, 0.2) is 0 Å². The van der Waals surface area contributed by atoms with Crippen LogP contribution in [-0.2, 0) is 0 Å². The number of rotatable bonds is 6. The first kappa shape index (κ1) is 13.1. The molecule has 0 spiro atoms. The highest BCUT2D eigenvalue weighted by Gasteiger charge is 2.40. The van der Waals surface area contributed by atoms with Crippen molar-refractivity contribution in [3.05, 3.63) is 22.4 Å². The average Bonchev–Trinajstić information content (AvgIpc) is 3.01. The number of hydrogen-bond acceptors (Lipinski definition) is 2. The lowest BCUT2D eigenvalue weighted by molar-refractivity contribution is 0.190. The summed E-state index contributed by atoms with van der Waals surface area (Å²) in [6, 6.07) is 5.10. The third-order valence-corrected chi connectivity index (χ3v) is 5.28. The fourth-order valence-corrected chi connectivity index (χ4v) is 4.23. The highest BCUT2D eigenvalue weighted by atomic mass is 32.1. The summed E-state index contributed by atoms with van der Waals surface area (Å²) in [6.45, 7) is 5.77. The van der Waals surface area contributed by atoms with Crippen molar-refractivity contribution in [3.63, 3.8) is 0 Å². The maximum atomic E-state index is 3.82. The van der Waals surface area contributed by atoms with E-state index in [0.717, 1.165) is 6.54 Å². The van der Waals surface area contributed by atoms with Crippen LogP contribution >= 0.6 is 11.3 Å². The molecule has 0 saturated heterocycles. The van der Waals surface area contributed by atoms with Crippen LogP contribution < -0.4 is 5.32 Å². The lowest BCUT2D eigenvalue weighted by Gasteiger charge is -2.37. The zero-order valence-electron chi connectivity index (χ0n) is 11.2. The molecule has 1 nitrogen and oxygen atoms in total. The minimum atomic E-state index is 0.528. The van der Waals surface area contributed by atoms with Crippen LogP contribution in [0.15, 0.2) is 17.5 Å². The highest BCUT2D eigenvalue weighted by Crippen LogP contribution is 2.50. The van der Waals surface area contributed by atoms with E-state index in [0.29, 0.717) is 11.5 Å². The minimum absolute atomic E-state index is 0.528. The molecule has 0 amide bonds. The Bertz CT molecular complexity index is 312. The fraction of sp³-hybridized carbons (Fsp3) is 0.733. The molecule has 96 valence electrons. The van der Waals surface area contributed by atoms with Crippen molar-refractivity contribution in [2.24, 2.45) is 5.41 Å². The van der Waals surface area contributed by atoms with Crippen LogP contribution in [0.4, 0.5) is 0 Å². The Morgan fingerprint density at radius 1 is 1.35 bits per heavy atom. The van der Waals surface area contributed by atoms with Crippen molar-refractivity contribution in [2.75, 3.05) is 6.54 Å². The van der Waals surface area contributed by atoms with E-state index < -0.39 is 0 Å². The van der Waals surface area contributed by atoms with Crippen LogP contribution in [0.3, 0.4) is 0 Å². The van der Waals surface area contributed by atoms with E-state index in [1.54, 1.807) is 4.88 Å². The summed E-state index contributed by atoms with van der Waals surface area (Å²) < 4.78 is 0. The number of nitrogens with one attached hydrogen (secondary N) is 1. The molecule has 2 heteroatoms. The third-order valence-electron chi connectivity index (χ3n) is 4.34. The van der Waals surface area contributed by atoms with Gasteiger partial charge in [0.2, 0.25) is 0 Å². The molecule has 1 unspecified atom stereocenters. The zero-order chi connectivity index (χ0) is 12.1. The van der Waals surface area contributed by atoms with Crippen molar-refractivity contribution >= 4 is 11.3 Å². The summed E-state index contributed by atoms with van der Waals surface area (Å²) >= 11 is 1.92. The van der Waals surface area contributed by atoms with Gasteiger partial charge in [-0.25, -0.2) is 0 Å². The summed E-state index contributed by atoms with van der Waals surface area (Å²) in [5, 5.41) is 6.03. The molecule has 0 bridgehead atoms. The van der Waals surface area contributed by atoms with Gasteiger partial charge in [-0.2, -0.15) is 0 Å². The molecule has 1 aromatic heterocycles. The molecule has 1 atom stereocenters. The van der Waals surface area contributed by atoms with Crippen molar-refractivity contribution in [1.82, 2.24) is 5.32 Å². The predicted octanol–water partition coefficient (Wildman–Crippen LogP) is 4.76. The SMILES string of the molecule is CCCNC(c1cccs1)C1(CC)CCCC1. The third kappa shape index (κ3) is 2.74. The highest BCUT2D eigenvalue weighted by molar-refractivity contribution is 7.10. The molecule has 2 rings (SSSR count). The van der Waals surface area contributed by atoms with Gasteiger partial charge in [-0.15, -0.1) is 11.3 Å². The normalized spacial score (nSPS) is 20.6. The van der Waals surface area contributed by atoms with Gasteiger partial charge in [0.05, 0.1) is 0 Å². The molecule has 0 radical (unpaired) electrons. The van der Waals surface area contributed by atoms with Gasteiger partial charge in [-0.1, -0.05) is 32.8 Å². The van der Waals surface area contributed by atoms with Crippen molar-refractivity contribution < 1.29 is 0 Å². The second kappa shape index (κ2) is 6.01. The van der Waals surface area contributed by atoms with E-state index in [1.165, 1.54) is 38.5 Å². The number of hydrogen-bond donors (Lipinski definition) is 1. The van der Waals surface area contributed by atoms with Crippen LogP contribution in [0.2, 0.25) is 0 Å². The van der Waals surface area contributed by atoms with Gasteiger partial charge in [-0.3, -0.25) is 0 Å². The lowest BCUT2D eigenvalue weighted by Crippen LogP contribution is -2.36. The molecule has 1 N–H and O–H groups in total. The van der Waals surface area contributed by atoms with E-state index in [-0.39, 0.29) is 0 Å². The zero-order valence-corrected chi connectivity index (χ0v) is 12.0. The van der Waals surface area contributed by atoms with Crippen LogP contribution in [0.25, 0.3) is 0 Å². The Labute approximate surface area is 110 Å². The van der Waals surface area contributed by atoms with E-state index in [9.17, 15) is 0 Å². The molecular weight excluding hydrogens is 226 g/mol. The van der Waals surface area contributed by atoms with Gasteiger partial charge < -0.3 is 5.32 Å². The Kier molecular flexibility index (Phi) is 4.63. The molecule has 1 aromatic rings. The summed E-state index contributed by atoms with van der Waals surface area (Å²) in [4.78, 5) is 1.54. The molecule has 1 heterocycles. The van der Waals surface area contributed by atoms with Crippen LogP contribution in [-0.4, -0.2) is 6.54 Å². The molecule has 0 aliphatic heterocycles. The maximum absolute atomic E-state index is 3.82. The average molecular weight is 251 g/mol. The minimum Gasteiger partial charge on any atom is -0.309 e. The van der Waals surface area contributed by atoms with Crippen LogP contribution in [0, 0.1) is 5.41 Å². The molecule has 1 fully saturated rings. The first-order chi connectivity index (χ1) is 8.32. The van der Waals surface area contributed by atoms with Gasteiger partial charge >= 0.3 is 0 Å². The van der Waals surface area contributed by atoms with Crippen molar-refractivity contribution in [2.45, 2.75) is 58.4 Å². The van der Waals surface area contributed by atoms with Gasteiger partial charge in [-0.05, 0) is 49.1 Å². The van der Waals surface area contributed by atoms with E-state index in [1.807, 2.05) is 11.3 Å². The van der Waals surface area contributed by atoms with Crippen LogP contribution in [0.1, 0.15) is 63.3 Å². The van der Waals surface area contributed by atoms with Crippen molar-refractivity contribution in [1.29, 1.82) is 0 Å². The van der Waals surface area contributed by atoms with E-state index in [2.05, 4.69) is 36.7 Å². The standard InChI is InChI=1S/C15H25NS/c1-3-11-16-14(13-8-7-12-17-13)15(4-2)9-5-6-10-15/h7-8,12,14,16H,3-6,9-11H2,1-2H3. The Balaban J connectivity index is 2.19. The summed E-state index contributed by atoms with van der Waals surface area (Å²) in [7, 11) is 0. The van der Waals surface area contributed by atoms with Gasteiger partial charge in [0, 0.05) is 10.9 Å². The molecule has 1 saturated carbocycles. The number of thiophene rings is 1. The van der Waals surface area contributed by atoms with Gasteiger partial charge in [0.1, 0.15) is 0 Å². The molecule has 17 heavy (non-hydrogen) atoms. The lowest BCUT2D eigenvalue weighted by atomic mass is 9.75. The molecule has 0 aromatic carbocycles. The Morgan fingerprint density at radius 3 is 2.65 bits per heavy atom. The second-order valence-corrected chi connectivity index (χ2v) is 6.30. The van der Waals surface area contributed by atoms with Gasteiger partial charge in [0.25, 0.3) is 0 Å². The Hall–Kier alpha value is -0.340. The summed E-state index contributed by atoms with van der Waals surface area (Å²) in [6.07, 6.45) is 8.19. The van der Waals surface area contributed by atoms with E-state index >= 15 is 0 Å². The first-order valence-corrected chi connectivity index (χ1v) is 7.97. The molecule has 1 aliphatic carbocycles. The smallest absolute Gasteiger partial charge is 0.0471 e. The Morgan fingerprint density at radius 2 is 2.12 bits per heavy atom. The molecule has 1 aliphatic rings. The second-order valence-electron chi connectivity index (χ2n) is 5.33. The summed E-state index contributed by atoms with van der Waals surface area (Å²) in [5.41, 5.74) is 0.528. The van der Waals surface area contributed by atoms with E-state index in [4.69, 9.17) is 0 Å². The van der Waals surface area contributed by atoms with Crippen molar-refractivity contribution in [3.8, 4) is 0 Å². The quantitative estimate of drug-likeness (QED) is 0.768. The van der Waals surface area contributed by atoms with Crippen LogP contribution in [0.5, 0.6) is 0 Å². The molecular formula is C15H25NS. The predicted molar refractivity (Wildman–Crippen MR) is 76.5 cm³/mol. The fourth-order valence-electron chi connectivity index (χ4n) is 3.29.